The van der Waals surface area contributed by atoms with E-state index in [-0.39, 0.29) is 16.5 Å². The van der Waals surface area contributed by atoms with E-state index in [0.717, 1.165) is 11.8 Å². The molecule has 0 saturated heterocycles. The first-order valence-electron chi connectivity index (χ1n) is 11.2. The number of carbonyl (C=O) groups is 1. The second-order valence-corrected chi connectivity index (χ2v) is 12.8. The van der Waals surface area contributed by atoms with E-state index in [4.69, 9.17) is 34.8 Å². The highest BCUT2D eigenvalue weighted by Crippen LogP contribution is 2.37. The smallest absolute Gasteiger partial charge is 0.272 e. The zero-order valence-electron chi connectivity index (χ0n) is 20.5. The second-order valence-electron chi connectivity index (χ2n) is 9.60. The predicted octanol–water partition coefficient (Wildman–Crippen LogP) is 7.10. The number of hydrogen-bond donors (Lipinski definition) is 1. The summed E-state index contributed by atoms with van der Waals surface area (Å²) in [5.41, 5.74) is 2.64. The minimum Gasteiger partial charge on any atom is -0.346 e. The van der Waals surface area contributed by atoms with Crippen LogP contribution in [0, 0.1) is 0 Å². The van der Waals surface area contributed by atoms with Gasteiger partial charge in [0.25, 0.3) is 5.91 Å². The monoisotopic (exact) mass is 575 g/mol. The quantitative estimate of drug-likeness (QED) is 0.275. The van der Waals surface area contributed by atoms with Crippen molar-refractivity contribution in [1.82, 2.24) is 15.1 Å². The third-order valence-electron chi connectivity index (χ3n) is 5.42. The van der Waals surface area contributed by atoms with E-state index in [1.54, 1.807) is 54.6 Å². The Morgan fingerprint density at radius 3 is 2.08 bits per heavy atom. The van der Waals surface area contributed by atoms with E-state index in [1.165, 1.54) is 4.68 Å². The minimum atomic E-state index is -3.37. The molecule has 10 heteroatoms. The maximum Gasteiger partial charge on any atom is 0.272 e. The molecule has 0 aliphatic rings. The summed E-state index contributed by atoms with van der Waals surface area (Å²) in [6.07, 6.45) is 1.16. The van der Waals surface area contributed by atoms with Gasteiger partial charge in [-0.3, -0.25) is 4.79 Å². The summed E-state index contributed by atoms with van der Waals surface area (Å²) in [5, 5.41) is 8.51. The van der Waals surface area contributed by atoms with Crippen LogP contribution in [0.5, 0.6) is 0 Å². The standard InChI is InChI=1S/C27H24Cl3N3O3S/c1-27(2,3)31-26(34)23-15-24(33(32-23)25-20(28)9-6-10-21(25)29)19-12-11-17(14-22(19)30)16-7-5-8-18(13-16)37(4,35)36/h5-15H,1-4H3,(H,31,34). The van der Waals surface area contributed by atoms with Gasteiger partial charge in [-0.2, -0.15) is 5.10 Å². The zero-order chi connectivity index (χ0) is 27.1. The van der Waals surface area contributed by atoms with Crippen LogP contribution >= 0.6 is 34.8 Å². The molecule has 0 aliphatic heterocycles. The highest BCUT2D eigenvalue weighted by atomic mass is 35.5. The van der Waals surface area contributed by atoms with Gasteiger partial charge in [-0.15, -0.1) is 0 Å². The second kappa shape index (κ2) is 10.1. The number of carbonyl (C=O) groups excluding carboxylic acids is 1. The minimum absolute atomic E-state index is 0.168. The molecule has 1 aromatic heterocycles. The van der Waals surface area contributed by atoms with Crippen LogP contribution in [0.15, 0.2) is 71.6 Å². The lowest BCUT2D eigenvalue weighted by Crippen LogP contribution is -2.40. The van der Waals surface area contributed by atoms with Gasteiger partial charge in [-0.25, -0.2) is 13.1 Å². The first-order valence-corrected chi connectivity index (χ1v) is 14.2. The molecule has 0 radical (unpaired) electrons. The largest absolute Gasteiger partial charge is 0.346 e. The molecule has 0 spiro atoms. The molecule has 192 valence electrons. The Kier molecular flexibility index (Phi) is 7.45. The van der Waals surface area contributed by atoms with Crippen molar-refractivity contribution in [2.45, 2.75) is 31.2 Å². The average Bonchev–Trinajstić information content (AvgIpc) is 3.22. The number of nitrogens with one attached hydrogen (secondary N) is 1. The lowest BCUT2D eigenvalue weighted by Gasteiger charge is -2.19. The Bertz CT molecular complexity index is 1600. The molecule has 0 aliphatic carbocycles. The van der Waals surface area contributed by atoms with E-state index in [2.05, 4.69) is 10.4 Å². The van der Waals surface area contributed by atoms with Crippen molar-refractivity contribution in [3.63, 3.8) is 0 Å². The van der Waals surface area contributed by atoms with Crippen LogP contribution in [0.1, 0.15) is 31.3 Å². The van der Waals surface area contributed by atoms with E-state index >= 15 is 0 Å². The van der Waals surface area contributed by atoms with Gasteiger partial charge in [0.1, 0.15) is 5.69 Å². The Hall–Kier alpha value is -2.84. The molecular formula is C27H24Cl3N3O3S. The fourth-order valence-electron chi connectivity index (χ4n) is 3.76. The molecule has 37 heavy (non-hydrogen) atoms. The average molecular weight is 577 g/mol. The number of aromatic nitrogens is 2. The Morgan fingerprint density at radius 1 is 0.865 bits per heavy atom. The number of benzene rings is 3. The van der Waals surface area contributed by atoms with Gasteiger partial charge in [0.05, 0.1) is 25.7 Å². The summed E-state index contributed by atoms with van der Waals surface area (Å²) < 4.78 is 25.5. The highest BCUT2D eigenvalue weighted by Gasteiger charge is 2.24. The zero-order valence-corrected chi connectivity index (χ0v) is 23.6. The number of halogens is 3. The summed E-state index contributed by atoms with van der Waals surface area (Å²) in [5.74, 6) is -0.360. The molecule has 0 unspecified atom stereocenters. The number of rotatable bonds is 5. The molecule has 0 atom stereocenters. The van der Waals surface area contributed by atoms with Crippen LogP contribution in [0.2, 0.25) is 15.1 Å². The number of nitrogens with zero attached hydrogens (tertiary/aromatic N) is 2. The van der Waals surface area contributed by atoms with E-state index in [1.807, 2.05) is 32.9 Å². The van der Waals surface area contributed by atoms with E-state index in [0.29, 0.717) is 37.6 Å². The van der Waals surface area contributed by atoms with Crippen LogP contribution in [0.25, 0.3) is 28.1 Å². The molecular weight excluding hydrogens is 553 g/mol. The van der Waals surface area contributed by atoms with Crippen LogP contribution in [0.4, 0.5) is 0 Å². The third kappa shape index (κ3) is 6.02. The molecule has 1 N–H and O–H groups in total. The van der Waals surface area contributed by atoms with Gasteiger partial charge in [0.15, 0.2) is 15.5 Å². The summed E-state index contributed by atoms with van der Waals surface area (Å²) in [4.78, 5) is 13.2. The number of sulfone groups is 1. The van der Waals surface area contributed by atoms with Crippen molar-refractivity contribution < 1.29 is 13.2 Å². The van der Waals surface area contributed by atoms with Gasteiger partial charge in [0.2, 0.25) is 0 Å². The molecule has 1 amide bonds. The summed E-state index contributed by atoms with van der Waals surface area (Å²) >= 11 is 19.7. The number of para-hydroxylation sites is 1. The van der Waals surface area contributed by atoms with Crippen molar-refractivity contribution >= 4 is 50.5 Å². The molecule has 6 nitrogen and oxygen atoms in total. The first-order chi connectivity index (χ1) is 17.2. The van der Waals surface area contributed by atoms with Gasteiger partial charge in [-0.1, -0.05) is 65.1 Å². The molecule has 0 bridgehead atoms. The molecule has 0 fully saturated rings. The maximum atomic E-state index is 13.0. The number of amides is 1. The fraction of sp³-hybridized carbons (Fsp3) is 0.185. The summed E-state index contributed by atoms with van der Waals surface area (Å²) in [7, 11) is -3.37. The van der Waals surface area contributed by atoms with Gasteiger partial charge >= 0.3 is 0 Å². The predicted molar refractivity (Wildman–Crippen MR) is 150 cm³/mol. The van der Waals surface area contributed by atoms with Crippen LogP contribution < -0.4 is 5.32 Å². The molecule has 4 aromatic rings. The van der Waals surface area contributed by atoms with Crippen molar-refractivity contribution in [3.05, 3.63) is 87.5 Å². The lowest BCUT2D eigenvalue weighted by atomic mass is 10.0. The summed E-state index contributed by atoms with van der Waals surface area (Å²) in [6, 6.07) is 18.7. The van der Waals surface area contributed by atoms with E-state index in [9.17, 15) is 13.2 Å². The van der Waals surface area contributed by atoms with Crippen molar-refractivity contribution in [1.29, 1.82) is 0 Å². The van der Waals surface area contributed by atoms with Gasteiger partial charge < -0.3 is 5.32 Å². The van der Waals surface area contributed by atoms with Crippen LogP contribution in [-0.4, -0.2) is 35.9 Å². The molecule has 0 saturated carbocycles. The van der Waals surface area contributed by atoms with Gasteiger partial charge in [-0.05, 0) is 68.3 Å². The Balaban J connectivity index is 1.86. The van der Waals surface area contributed by atoms with Crippen LogP contribution in [0.3, 0.4) is 0 Å². The van der Waals surface area contributed by atoms with Gasteiger partial charge in [0, 0.05) is 17.4 Å². The molecule has 3 aromatic carbocycles. The number of hydrogen-bond acceptors (Lipinski definition) is 4. The summed E-state index contributed by atoms with van der Waals surface area (Å²) in [6.45, 7) is 5.63. The maximum absolute atomic E-state index is 13.0. The Morgan fingerprint density at radius 2 is 1.49 bits per heavy atom. The fourth-order valence-corrected chi connectivity index (χ4v) is 5.26. The Labute approximate surface area is 231 Å². The van der Waals surface area contributed by atoms with E-state index < -0.39 is 15.4 Å². The first kappa shape index (κ1) is 27.2. The molecule has 4 rings (SSSR count). The van der Waals surface area contributed by atoms with Crippen molar-refractivity contribution in [3.8, 4) is 28.1 Å². The van der Waals surface area contributed by atoms with Crippen molar-refractivity contribution in [2.75, 3.05) is 6.26 Å². The normalized spacial score (nSPS) is 12.0. The highest BCUT2D eigenvalue weighted by molar-refractivity contribution is 7.90. The lowest BCUT2D eigenvalue weighted by molar-refractivity contribution is 0.0914. The topological polar surface area (TPSA) is 81.1 Å². The van der Waals surface area contributed by atoms with Crippen molar-refractivity contribution in [2.24, 2.45) is 0 Å². The SMILES string of the molecule is CC(C)(C)NC(=O)c1cc(-c2ccc(-c3cccc(S(C)(=O)=O)c3)cc2Cl)n(-c2c(Cl)cccc2Cl)n1. The molecule has 1 heterocycles. The third-order valence-corrected chi connectivity index (χ3v) is 7.45. The van der Waals surface area contributed by atoms with Crippen LogP contribution in [-0.2, 0) is 9.84 Å².